The molecular weight excluding hydrogens is 270 g/mol. The molecule has 3 rings (SSSR count). The van der Waals surface area contributed by atoms with E-state index in [-0.39, 0.29) is 5.91 Å². The monoisotopic (exact) mass is 283 g/mol. The molecule has 2 heterocycles. The van der Waals surface area contributed by atoms with Crippen LogP contribution >= 0.6 is 11.3 Å². The highest BCUT2D eigenvalue weighted by molar-refractivity contribution is 7.10. The molecule has 2 N–H and O–H groups in total. The number of nitrogens with one attached hydrogen (secondary N) is 2. The number of thiophene rings is 1. The van der Waals surface area contributed by atoms with Crippen LogP contribution in [0.5, 0.6) is 0 Å². The highest BCUT2D eigenvalue weighted by Gasteiger charge is 2.03. The molecule has 0 aliphatic carbocycles. The number of aromatic nitrogens is 1. The van der Waals surface area contributed by atoms with Crippen molar-refractivity contribution >= 4 is 34.4 Å². The number of hydrazone groups is 1. The van der Waals surface area contributed by atoms with Gasteiger partial charge in [0, 0.05) is 27.5 Å². The molecule has 0 fully saturated rings. The van der Waals surface area contributed by atoms with Crippen LogP contribution in [0.3, 0.4) is 0 Å². The van der Waals surface area contributed by atoms with E-state index < -0.39 is 0 Å². The molecule has 0 aliphatic heterocycles. The van der Waals surface area contributed by atoms with Crippen molar-refractivity contribution in [3.8, 4) is 0 Å². The van der Waals surface area contributed by atoms with Crippen molar-refractivity contribution in [2.75, 3.05) is 0 Å². The summed E-state index contributed by atoms with van der Waals surface area (Å²) in [6, 6.07) is 11.8. The molecule has 0 unspecified atom stereocenters. The number of para-hydroxylation sites is 1. The molecule has 0 bridgehead atoms. The van der Waals surface area contributed by atoms with Crippen LogP contribution in [-0.4, -0.2) is 17.1 Å². The van der Waals surface area contributed by atoms with Crippen molar-refractivity contribution < 1.29 is 4.79 Å². The number of hydrogen-bond donors (Lipinski definition) is 2. The predicted octanol–water partition coefficient (Wildman–Crippen LogP) is 2.92. The van der Waals surface area contributed by atoms with Crippen LogP contribution in [0.4, 0.5) is 0 Å². The molecule has 5 heteroatoms. The Morgan fingerprint density at radius 2 is 2.20 bits per heavy atom. The van der Waals surface area contributed by atoms with Crippen LogP contribution in [-0.2, 0) is 11.2 Å². The van der Waals surface area contributed by atoms with Crippen molar-refractivity contribution in [1.82, 2.24) is 10.4 Å². The van der Waals surface area contributed by atoms with Gasteiger partial charge in [0.15, 0.2) is 0 Å². The molecule has 0 radical (unpaired) electrons. The molecule has 0 saturated carbocycles. The summed E-state index contributed by atoms with van der Waals surface area (Å²) in [6.45, 7) is 0. The molecule has 3 aromatic rings. The Kier molecular flexibility index (Phi) is 3.60. The number of H-pyrrole nitrogens is 1. The Morgan fingerprint density at radius 1 is 1.30 bits per heavy atom. The Hall–Kier alpha value is -2.40. The van der Waals surface area contributed by atoms with E-state index >= 15 is 0 Å². The average Bonchev–Trinajstić information content (AvgIpc) is 3.09. The van der Waals surface area contributed by atoms with E-state index in [1.54, 1.807) is 17.6 Å². The summed E-state index contributed by atoms with van der Waals surface area (Å²) < 4.78 is 0. The zero-order valence-electron chi connectivity index (χ0n) is 10.7. The van der Waals surface area contributed by atoms with Crippen molar-refractivity contribution in [3.63, 3.8) is 0 Å². The van der Waals surface area contributed by atoms with Crippen molar-refractivity contribution in [3.05, 3.63) is 58.4 Å². The molecule has 0 saturated heterocycles. The number of carbonyl (C=O) groups is 1. The van der Waals surface area contributed by atoms with Gasteiger partial charge < -0.3 is 4.98 Å². The lowest BCUT2D eigenvalue weighted by molar-refractivity contribution is -0.120. The standard InChI is InChI=1S/C15H13N3OS/c19-15(8-12-4-3-7-20-12)18-17-10-11-9-16-14-6-2-1-5-13(11)14/h1-7,9-10,16H,8H2,(H,18,19)/b17-10-. The van der Waals surface area contributed by atoms with Crippen LogP contribution in [0.25, 0.3) is 10.9 Å². The lowest BCUT2D eigenvalue weighted by Crippen LogP contribution is -2.19. The Labute approximate surface area is 120 Å². The third kappa shape index (κ3) is 2.78. The fraction of sp³-hybridized carbons (Fsp3) is 0.0667. The highest BCUT2D eigenvalue weighted by atomic mass is 32.1. The number of hydrogen-bond acceptors (Lipinski definition) is 3. The van der Waals surface area contributed by atoms with E-state index in [0.29, 0.717) is 6.42 Å². The molecule has 1 amide bonds. The Bertz CT molecular complexity index is 743. The summed E-state index contributed by atoms with van der Waals surface area (Å²) in [7, 11) is 0. The second-order valence-electron chi connectivity index (χ2n) is 4.34. The summed E-state index contributed by atoms with van der Waals surface area (Å²) in [5.74, 6) is -0.108. The van der Waals surface area contributed by atoms with Crippen LogP contribution in [0.15, 0.2) is 53.1 Å². The molecule has 1 aromatic carbocycles. The second-order valence-corrected chi connectivity index (χ2v) is 5.37. The van der Waals surface area contributed by atoms with E-state index in [1.807, 2.05) is 48.0 Å². The first-order valence-corrected chi connectivity index (χ1v) is 7.11. The van der Waals surface area contributed by atoms with Gasteiger partial charge in [0.05, 0.1) is 12.6 Å². The molecule has 2 aromatic heterocycles. The molecule has 20 heavy (non-hydrogen) atoms. The van der Waals surface area contributed by atoms with Crippen LogP contribution in [0, 0.1) is 0 Å². The van der Waals surface area contributed by atoms with E-state index in [2.05, 4.69) is 15.5 Å². The van der Waals surface area contributed by atoms with Gasteiger partial charge in [-0.25, -0.2) is 5.43 Å². The molecule has 0 aliphatic rings. The minimum absolute atomic E-state index is 0.108. The first-order chi connectivity index (χ1) is 9.83. The molecule has 0 atom stereocenters. The van der Waals surface area contributed by atoms with E-state index in [4.69, 9.17) is 0 Å². The minimum Gasteiger partial charge on any atom is -0.361 e. The second kappa shape index (κ2) is 5.71. The quantitative estimate of drug-likeness (QED) is 0.561. The van der Waals surface area contributed by atoms with E-state index in [0.717, 1.165) is 21.3 Å². The van der Waals surface area contributed by atoms with Gasteiger partial charge in [0.1, 0.15) is 0 Å². The van der Waals surface area contributed by atoms with Gasteiger partial charge in [-0.15, -0.1) is 11.3 Å². The van der Waals surface area contributed by atoms with Gasteiger partial charge in [-0.05, 0) is 17.5 Å². The normalized spacial score (nSPS) is 11.2. The third-order valence-corrected chi connectivity index (χ3v) is 3.81. The lowest BCUT2D eigenvalue weighted by atomic mass is 10.2. The number of benzene rings is 1. The summed E-state index contributed by atoms with van der Waals surface area (Å²) in [5, 5.41) is 7.05. The van der Waals surface area contributed by atoms with Crippen molar-refractivity contribution in [2.24, 2.45) is 5.10 Å². The van der Waals surface area contributed by atoms with Gasteiger partial charge in [0.2, 0.25) is 5.91 Å². The number of aromatic amines is 1. The fourth-order valence-electron chi connectivity index (χ4n) is 1.99. The van der Waals surface area contributed by atoms with Gasteiger partial charge >= 0.3 is 0 Å². The predicted molar refractivity (Wildman–Crippen MR) is 82.1 cm³/mol. The van der Waals surface area contributed by atoms with E-state index in [1.165, 1.54) is 0 Å². The molecule has 4 nitrogen and oxygen atoms in total. The maximum atomic E-state index is 11.7. The van der Waals surface area contributed by atoms with Crippen LogP contribution in [0.2, 0.25) is 0 Å². The van der Waals surface area contributed by atoms with Gasteiger partial charge in [-0.1, -0.05) is 24.3 Å². The van der Waals surface area contributed by atoms with Crippen molar-refractivity contribution in [2.45, 2.75) is 6.42 Å². The molecule has 100 valence electrons. The summed E-state index contributed by atoms with van der Waals surface area (Å²) in [5.41, 5.74) is 4.56. The van der Waals surface area contributed by atoms with Gasteiger partial charge in [0.25, 0.3) is 0 Å². The summed E-state index contributed by atoms with van der Waals surface area (Å²) in [4.78, 5) is 15.9. The smallest absolute Gasteiger partial charge is 0.245 e. The maximum Gasteiger partial charge on any atom is 0.245 e. The minimum atomic E-state index is -0.108. The Balaban J connectivity index is 1.64. The van der Waals surface area contributed by atoms with Crippen LogP contribution in [0.1, 0.15) is 10.4 Å². The van der Waals surface area contributed by atoms with E-state index in [9.17, 15) is 4.79 Å². The topological polar surface area (TPSA) is 57.2 Å². The largest absolute Gasteiger partial charge is 0.361 e. The Morgan fingerprint density at radius 3 is 3.05 bits per heavy atom. The first kappa shape index (κ1) is 12.6. The van der Waals surface area contributed by atoms with Gasteiger partial charge in [-0.2, -0.15) is 5.10 Å². The number of rotatable bonds is 4. The maximum absolute atomic E-state index is 11.7. The van der Waals surface area contributed by atoms with Gasteiger partial charge in [-0.3, -0.25) is 4.79 Å². The number of carbonyl (C=O) groups excluding carboxylic acids is 1. The molecular formula is C15H13N3OS. The number of amides is 1. The highest BCUT2D eigenvalue weighted by Crippen LogP contribution is 2.15. The third-order valence-electron chi connectivity index (χ3n) is 2.93. The zero-order chi connectivity index (χ0) is 13.8. The van der Waals surface area contributed by atoms with Crippen molar-refractivity contribution in [1.29, 1.82) is 0 Å². The number of fused-ring (bicyclic) bond motifs is 1. The SMILES string of the molecule is O=C(Cc1cccs1)N/N=C\c1c[nH]c2ccccc12. The summed E-state index contributed by atoms with van der Waals surface area (Å²) >= 11 is 1.57. The lowest BCUT2D eigenvalue weighted by Gasteiger charge is -1.96. The van der Waals surface area contributed by atoms with Crippen LogP contribution < -0.4 is 5.43 Å². The fourth-order valence-corrected chi connectivity index (χ4v) is 2.69. The average molecular weight is 283 g/mol. The number of nitrogens with zero attached hydrogens (tertiary/aromatic N) is 1. The zero-order valence-corrected chi connectivity index (χ0v) is 11.5. The first-order valence-electron chi connectivity index (χ1n) is 6.23. The molecule has 0 spiro atoms. The summed E-state index contributed by atoms with van der Waals surface area (Å²) in [6.07, 6.45) is 3.90.